The molecule has 3 heteroatoms. The highest BCUT2D eigenvalue weighted by Crippen LogP contribution is 2.51. The number of aryl methyl sites for hydroxylation is 1. The Morgan fingerprint density at radius 1 is 1.39 bits per heavy atom. The molecule has 2 nitrogen and oxygen atoms in total. The molecule has 1 heterocycles. The first kappa shape index (κ1) is 12.2. The van der Waals surface area contributed by atoms with Gasteiger partial charge in [-0.2, -0.15) is 0 Å². The molecule has 1 N–H and O–H groups in total. The van der Waals surface area contributed by atoms with Crippen molar-refractivity contribution in [3.63, 3.8) is 0 Å². The minimum atomic E-state index is 0.374. The zero-order chi connectivity index (χ0) is 12.9. The Bertz CT molecular complexity index is 608. The molecule has 0 aliphatic heterocycles. The third-order valence-electron chi connectivity index (χ3n) is 4.35. The van der Waals surface area contributed by atoms with Gasteiger partial charge in [0, 0.05) is 40.1 Å². The summed E-state index contributed by atoms with van der Waals surface area (Å²) in [7, 11) is 4.22. The molecule has 2 aromatic rings. The lowest BCUT2D eigenvalue weighted by molar-refractivity contribution is 0.621. The fourth-order valence-corrected chi connectivity index (χ4v) is 3.58. The first-order valence-corrected chi connectivity index (χ1v) is 7.28. The van der Waals surface area contributed by atoms with Gasteiger partial charge in [0.2, 0.25) is 0 Å². The number of nitrogens with zero attached hydrogens (tertiary/aromatic N) is 1. The summed E-state index contributed by atoms with van der Waals surface area (Å²) in [6, 6.07) is 6.61. The van der Waals surface area contributed by atoms with Crippen molar-refractivity contribution >= 4 is 26.8 Å². The number of likely N-dealkylation sites (N-methyl/N-ethyl adjacent to an activating group) is 1. The van der Waals surface area contributed by atoms with Gasteiger partial charge in [0.05, 0.1) is 0 Å². The van der Waals surface area contributed by atoms with Crippen molar-refractivity contribution < 1.29 is 0 Å². The highest BCUT2D eigenvalue weighted by atomic mass is 79.9. The number of fused-ring (bicyclic) bond motifs is 1. The van der Waals surface area contributed by atoms with Gasteiger partial charge in [-0.3, -0.25) is 0 Å². The molecule has 0 spiro atoms. The average molecular weight is 307 g/mol. The molecule has 1 aromatic heterocycles. The number of rotatable bonds is 3. The van der Waals surface area contributed by atoms with Crippen molar-refractivity contribution in [2.45, 2.75) is 25.2 Å². The number of hydrogen-bond donors (Lipinski definition) is 1. The first-order valence-electron chi connectivity index (χ1n) is 6.49. The predicted molar refractivity (Wildman–Crippen MR) is 80.2 cm³/mol. The second kappa shape index (κ2) is 4.10. The van der Waals surface area contributed by atoms with E-state index in [1.54, 1.807) is 5.56 Å². The summed E-state index contributed by atoms with van der Waals surface area (Å²) < 4.78 is 3.49. The largest absolute Gasteiger partial charge is 0.348 e. The van der Waals surface area contributed by atoms with Crippen molar-refractivity contribution in [2.75, 3.05) is 13.6 Å². The molecule has 18 heavy (non-hydrogen) atoms. The first-order chi connectivity index (χ1) is 8.59. The normalized spacial score (nSPS) is 17.3. The van der Waals surface area contributed by atoms with E-state index < -0.39 is 0 Å². The van der Waals surface area contributed by atoms with E-state index in [9.17, 15) is 0 Å². The molecule has 0 amide bonds. The van der Waals surface area contributed by atoms with Gasteiger partial charge in [-0.05, 0) is 50.6 Å². The predicted octanol–water partition coefficient (Wildman–Crippen LogP) is 3.50. The second-order valence-electron chi connectivity index (χ2n) is 5.49. The van der Waals surface area contributed by atoms with Crippen molar-refractivity contribution in [3.8, 4) is 0 Å². The van der Waals surface area contributed by atoms with Gasteiger partial charge in [0.1, 0.15) is 0 Å². The third-order valence-corrected chi connectivity index (χ3v) is 4.85. The lowest BCUT2D eigenvalue weighted by Crippen LogP contribution is -2.24. The number of benzene rings is 1. The van der Waals surface area contributed by atoms with E-state index in [0.29, 0.717) is 5.41 Å². The van der Waals surface area contributed by atoms with E-state index in [1.807, 2.05) is 0 Å². The molecule has 0 saturated heterocycles. The molecule has 0 radical (unpaired) electrons. The van der Waals surface area contributed by atoms with Crippen LogP contribution in [0.3, 0.4) is 0 Å². The van der Waals surface area contributed by atoms with Crippen LogP contribution < -0.4 is 5.32 Å². The fourth-order valence-electron chi connectivity index (χ4n) is 3.22. The van der Waals surface area contributed by atoms with Crippen LogP contribution in [0.4, 0.5) is 0 Å². The molecule has 1 saturated carbocycles. The average Bonchev–Trinajstić information content (AvgIpc) is 3.04. The van der Waals surface area contributed by atoms with Crippen LogP contribution in [0.5, 0.6) is 0 Å². The maximum Gasteiger partial charge on any atom is 0.0483 e. The topological polar surface area (TPSA) is 17.0 Å². The molecule has 1 aliphatic carbocycles. The van der Waals surface area contributed by atoms with E-state index in [0.717, 1.165) is 6.54 Å². The molecule has 0 bridgehead atoms. The number of aromatic nitrogens is 1. The lowest BCUT2D eigenvalue weighted by atomic mass is 9.93. The second-order valence-corrected chi connectivity index (χ2v) is 6.41. The smallest absolute Gasteiger partial charge is 0.0483 e. The fraction of sp³-hybridized carbons (Fsp3) is 0.467. The van der Waals surface area contributed by atoms with E-state index in [2.05, 4.69) is 65.0 Å². The monoisotopic (exact) mass is 306 g/mol. The van der Waals surface area contributed by atoms with Gasteiger partial charge >= 0.3 is 0 Å². The van der Waals surface area contributed by atoms with Crippen molar-refractivity contribution in [1.29, 1.82) is 0 Å². The van der Waals surface area contributed by atoms with E-state index >= 15 is 0 Å². The van der Waals surface area contributed by atoms with Gasteiger partial charge in [0.15, 0.2) is 0 Å². The van der Waals surface area contributed by atoms with Crippen LogP contribution in [-0.2, 0) is 12.5 Å². The molecule has 1 aliphatic rings. The summed E-state index contributed by atoms with van der Waals surface area (Å²) in [6.07, 6.45) is 2.61. The Hall–Kier alpha value is -0.800. The third kappa shape index (κ3) is 1.64. The number of halogens is 1. The Morgan fingerprint density at radius 3 is 2.72 bits per heavy atom. The Balaban J connectivity index is 2.28. The van der Waals surface area contributed by atoms with Gasteiger partial charge in [-0.1, -0.05) is 15.9 Å². The van der Waals surface area contributed by atoms with Crippen LogP contribution in [0.15, 0.2) is 22.7 Å². The van der Waals surface area contributed by atoms with Crippen molar-refractivity contribution in [3.05, 3.63) is 33.9 Å². The molecule has 3 rings (SSSR count). The molecule has 0 unspecified atom stereocenters. The van der Waals surface area contributed by atoms with E-state index in [1.165, 1.54) is 33.9 Å². The van der Waals surface area contributed by atoms with Gasteiger partial charge in [-0.25, -0.2) is 0 Å². The highest BCUT2D eigenvalue weighted by molar-refractivity contribution is 9.10. The summed E-state index contributed by atoms with van der Waals surface area (Å²) in [5.41, 5.74) is 4.68. The highest BCUT2D eigenvalue weighted by Gasteiger charge is 2.46. The summed E-state index contributed by atoms with van der Waals surface area (Å²) in [6.45, 7) is 3.33. The van der Waals surface area contributed by atoms with E-state index in [-0.39, 0.29) is 0 Å². The van der Waals surface area contributed by atoms with Gasteiger partial charge < -0.3 is 9.88 Å². The van der Waals surface area contributed by atoms with Crippen LogP contribution in [0.2, 0.25) is 0 Å². The lowest BCUT2D eigenvalue weighted by Gasteiger charge is -2.16. The van der Waals surface area contributed by atoms with Gasteiger partial charge in [0.25, 0.3) is 0 Å². The molecule has 1 aromatic carbocycles. The molecular weight excluding hydrogens is 288 g/mol. The Labute approximate surface area is 116 Å². The van der Waals surface area contributed by atoms with Crippen LogP contribution in [-0.4, -0.2) is 18.2 Å². The quantitative estimate of drug-likeness (QED) is 0.918. The Kier molecular flexibility index (Phi) is 2.79. The van der Waals surface area contributed by atoms with Crippen LogP contribution in [0.1, 0.15) is 24.1 Å². The molecule has 0 atom stereocenters. The minimum absolute atomic E-state index is 0.374. The summed E-state index contributed by atoms with van der Waals surface area (Å²) in [5.74, 6) is 0. The van der Waals surface area contributed by atoms with Crippen molar-refractivity contribution in [1.82, 2.24) is 9.88 Å². The summed E-state index contributed by atoms with van der Waals surface area (Å²) in [5, 5.41) is 4.78. The number of nitrogens with one attached hydrogen (secondary N) is 1. The molecular formula is C15H19BrN2. The molecule has 96 valence electrons. The van der Waals surface area contributed by atoms with E-state index in [4.69, 9.17) is 0 Å². The number of hydrogen-bond acceptors (Lipinski definition) is 1. The zero-order valence-corrected chi connectivity index (χ0v) is 12.8. The zero-order valence-electron chi connectivity index (χ0n) is 11.2. The minimum Gasteiger partial charge on any atom is -0.348 e. The van der Waals surface area contributed by atoms with Crippen LogP contribution in [0.25, 0.3) is 10.9 Å². The standard InChI is InChI=1S/C15H19BrN2/c1-10-14(15(6-7-15)9-17-2)12-8-11(16)4-5-13(12)18(10)3/h4-5,8,17H,6-7,9H2,1-3H3. The summed E-state index contributed by atoms with van der Waals surface area (Å²) >= 11 is 3.60. The van der Waals surface area contributed by atoms with Crippen LogP contribution in [0, 0.1) is 6.92 Å². The molecule has 1 fully saturated rings. The maximum absolute atomic E-state index is 3.60. The van der Waals surface area contributed by atoms with Gasteiger partial charge in [-0.15, -0.1) is 0 Å². The van der Waals surface area contributed by atoms with Crippen LogP contribution >= 0.6 is 15.9 Å². The SMILES string of the molecule is CNCC1(c2c(C)n(C)c3ccc(Br)cc23)CC1. The summed E-state index contributed by atoms with van der Waals surface area (Å²) in [4.78, 5) is 0. The Morgan fingerprint density at radius 2 is 2.11 bits per heavy atom. The van der Waals surface area contributed by atoms with Crippen molar-refractivity contribution in [2.24, 2.45) is 7.05 Å². The maximum atomic E-state index is 3.60.